The number of fused-ring (bicyclic) bond motifs is 1. The Labute approximate surface area is 146 Å². The topological polar surface area (TPSA) is 54.5 Å². The summed E-state index contributed by atoms with van der Waals surface area (Å²) in [5, 5.41) is 0.441. The number of hydrogen-bond acceptors (Lipinski definition) is 4. The van der Waals surface area contributed by atoms with Crippen LogP contribution in [0, 0.1) is 0 Å². The predicted molar refractivity (Wildman–Crippen MR) is 97.6 cm³/mol. The maximum atomic E-state index is 13.0. The molecule has 24 heavy (non-hydrogen) atoms. The fourth-order valence-electron chi connectivity index (χ4n) is 2.70. The van der Waals surface area contributed by atoms with Gasteiger partial charge >= 0.3 is 0 Å². The first kappa shape index (κ1) is 17.0. The number of anilines is 1. The van der Waals surface area contributed by atoms with Crippen LogP contribution in [0.1, 0.15) is 23.7 Å². The number of rotatable bonds is 2. The Kier molecular flexibility index (Phi) is 4.69. The standard InChI is InChI=1S/C18H19NO3S2/c1-13-11-12-19(16-5-3-4-6-17(16)23-13)18(20)14-7-9-15(10-8-14)24(2,21)22/h3-10,13H,11-12H2,1-2H3/t13-/m1/s1. The molecule has 1 aliphatic rings. The quantitative estimate of drug-likeness (QED) is 0.820. The zero-order valence-corrected chi connectivity index (χ0v) is 15.2. The number of benzene rings is 2. The van der Waals surface area contributed by atoms with Gasteiger partial charge in [0.2, 0.25) is 0 Å². The third-order valence-corrected chi connectivity index (χ3v) is 6.38. The number of thioether (sulfide) groups is 1. The molecule has 0 spiro atoms. The van der Waals surface area contributed by atoms with Crippen LogP contribution in [0.15, 0.2) is 58.3 Å². The van der Waals surface area contributed by atoms with Crippen LogP contribution in [0.2, 0.25) is 0 Å². The van der Waals surface area contributed by atoms with Crippen LogP contribution in [0.5, 0.6) is 0 Å². The minimum absolute atomic E-state index is 0.0998. The summed E-state index contributed by atoms with van der Waals surface area (Å²) < 4.78 is 23.1. The van der Waals surface area contributed by atoms with E-state index in [1.807, 2.05) is 24.3 Å². The van der Waals surface area contributed by atoms with E-state index in [-0.39, 0.29) is 10.8 Å². The summed E-state index contributed by atoms with van der Waals surface area (Å²) in [4.78, 5) is 16.1. The van der Waals surface area contributed by atoms with Gasteiger partial charge in [0.15, 0.2) is 9.84 Å². The highest BCUT2D eigenvalue weighted by Gasteiger charge is 2.25. The molecule has 1 atom stereocenters. The van der Waals surface area contributed by atoms with Gasteiger partial charge in [-0.2, -0.15) is 0 Å². The van der Waals surface area contributed by atoms with Crippen molar-refractivity contribution in [2.24, 2.45) is 0 Å². The van der Waals surface area contributed by atoms with Crippen LogP contribution < -0.4 is 4.90 Å². The molecule has 2 aromatic rings. The van der Waals surface area contributed by atoms with Crippen LogP contribution in [-0.4, -0.2) is 32.4 Å². The Bertz CT molecular complexity index is 860. The molecule has 1 amide bonds. The summed E-state index contributed by atoms with van der Waals surface area (Å²) in [5.74, 6) is -0.0998. The zero-order valence-electron chi connectivity index (χ0n) is 13.6. The largest absolute Gasteiger partial charge is 0.307 e. The van der Waals surface area contributed by atoms with Gasteiger partial charge in [-0.25, -0.2) is 8.42 Å². The summed E-state index contributed by atoms with van der Waals surface area (Å²) in [5.41, 5.74) is 1.42. The van der Waals surface area contributed by atoms with Gasteiger partial charge in [0, 0.05) is 28.5 Å². The first-order valence-corrected chi connectivity index (χ1v) is 10.5. The Hall–Kier alpha value is -1.79. The van der Waals surface area contributed by atoms with Crippen LogP contribution in [0.3, 0.4) is 0 Å². The van der Waals surface area contributed by atoms with Gasteiger partial charge in [0.25, 0.3) is 5.91 Å². The molecule has 0 fully saturated rings. The molecule has 1 aliphatic heterocycles. The summed E-state index contributed by atoms with van der Waals surface area (Å²) in [7, 11) is -3.26. The Balaban J connectivity index is 1.95. The highest BCUT2D eigenvalue weighted by atomic mass is 32.2. The molecule has 0 radical (unpaired) electrons. The average molecular weight is 361 g/mol. The molecule has 0 saturated carbocycles. The first-order valence-electron chi connectivity index (χ1n) is 7.74. The van der Waals surface area contributed by atoms with Crippen LogP contribution >= 0.6 is 11.8 Å². The maximum absolute atomic E-state index is 13.0. The second kappa shape index (κ2) is 6.61. The second-order valence-corrected chi connectivity index (χ2v) is 9.43. The Morgan fingerprint density at radius 3 is 2.46 bits per heavy atom. The third-order valence-electron chi connectivity index (χ3n) is 4.02. The van der Waals surface area contributed by atoms with Crippen molar-refractivity contribution in [2.45, 2.75) is 28.4 Å². The Morgan fingerprint density at radius 2 is 1.79 bits per heavy atom. The van der Waals surface area contributed by atoms with Gasteiger partial charge < -0.3 is 4.90 Å². The number of amides is 1. The summed E-state index contributed by atoms with van der Waals surface area (Å²) >= 11 is 1.78. The van der Waals surface area contributed by atoms with Crippen LogP contribution in [-0.2, 0) is 9.84 Å². The number of para-hydroxylation sites is 1. The summed E-state index contributed by atoms with van der Waals surface area (Å²) in [6, 6.07) is 14.1. The van der Waals surface area contributed by atoms with Gasteiger partial charge in [0.05, 0.1) is 10.6 Å². The first-order chi connectivity index (χ1) is 11.4. The van der Waals surface area contributed by atoms with E-state index in [4.69, 9.17) is 0 Å². The highest BCUT2D eigenvalue weighted by Crippen LogP contribution is 2.37. The minimum Gasteiger partial charge on any atom is -0.307 e. The maximum Gasteiger partial charge on any atom is 0.258 e. The van der Waals surface area contributed by atoms with Crippen molar-refractivity contribution in [3.63, 3.8) is 0 Å². The molecular formula is C18H19NO3S2. The van der Waals surface area contributed by atoms with E-state index in [0.717, 1.165) is 23.3 Å². The van der Waals surface area contributed by atoms with Crippen LogP contribution in [0.25, 0.3) is 0 Å². The molecule has 0 aliphatic carbocycles. The van der Waals surface area contributed by atoms with Gasteiger partial charge in [-0.05, 0) is 42.8 Å². The van der Waals surface area contributed by atoms with E-state index in [9.17, 15) is 13.2 Å². The lowest BCUT2D eigenvalue weighted by Gasteiger charge is -2.22. The van der Waals surface area contributed by atoms with E-state index in [2.05, 4.69) is 6.92 Å². The molecule has 4 nitrogen and oxygen atoms in total. The van der Waals surface area contributed by atoms with Crippen LogP contribution in [0.4, 0.5) is 5.69 Å². The molecule has 0 unspecified atom stereocenters. The monoisotopic (exact) mass is 361 g/mol. The van der Waals surface area contributed by atoms with Gasteiger partial charge in [-0.1, -0.05) is 19.1 Å². The molecular weight excluding hydrogens is 342 g/mol. The fraction of sp³-hybridized carbons (Fsp3) is 0.278. The number of carbonyl (C=O) groups excluding carboxylic acids is 1. The number of carbonyl (C=O) groups is 1. The van der Waals surface area contributed by atoms with Gasteiger partial charge in [-0.15, -0.1) is 11.8 Å². The van der Waals surface area contributed by atoms with Crippen molar-refractivity contribution >= 4 is 33.2 Å². The number of nitrogens with zero attached hydrogens (tertiary/aromatic N) is 1. The number of hydrogen-bond donors (Lipinski definition) is 0. The summed E-state index contributed by atoms with van der Waals surface area (Å²) in [6.07, 6.45) is 2.07. The van der Waals surface area contributed by atoms with Crippen molar-refractivity contribution in [3.8, 4) is 0 Å². The smallest absolute Gasteiger partial charge is 0.258 e. The molecule has 6 heteroatoms. The molecule has 2 aromatic carbocycles. The average Bonchev–Trinajstić information content (AvgIpc) is 2.72. The normalized spacial score (nSPS) is 17.9. The summed E-state index contributed by atoms with van der Waals surface area (Å²) in [6.45, 7) is 2.81. The molecule has 126 valence electrons. The molecule has 3 rings (SSSR count). The van der Waals surface area contributed by atoms with E-state index in [1.165, 1.54) is 12.1 Å². The zero-order chi connectivity index (χ0) is 17.3. The van der Waals surface area contributed by atoms with E-state index in [0.29, 0.717) is 17.4 Å². The highest BCUT2D eigenvalue weighted by molar-refractivity contribution is 8.00. The predicted octanol–water partition coefficient (Wildman–Crippen LogP) is 3.62. The molecule has 0 bridgehead atoms. The minimum atomic E-state index is -3.26. The van der Waals surface area contributed by atoms with Crippen molar-refractivity contribution in [3.05, 3.63) is 54.1 Å². The van der Waals surface area contributed by atoms with E-state index in [1.54, 1.807) is 28.8 Å². The lowest BCUT2D eigenvalue weighted by Crippen LogP contribution is -2.32. The Morgan fingerprint density at radius 1 is 1.12 bits per heavy atom. The lowest BCUT2D eigenvalue weighted by atomic mass is 10.1. The van der Waals surface area contributed by atoms with E-state index < -0.39 is 9.84 Å². The van der Waals surface area contributed by atoms with E-state index >= 15 is 0 Å². The lowest BCUT2D eigenvalue weighted by molar-refractivity contribution is 0.0986. The fourth-order valence-corrected chi connectivity index (χ4v) is 4.44. The van der Waals surface area contributed by atoms with Crippen molar-refractivity contribution in [1.29, 1.82) is 0 Å². The molecule has 1 heterocycles. The van der Waals surface area contributed by atoms with Crippen molar-refractivity contribution in [2.75, 3.05) is 17.7 Å². The molecule has 0 saturated heterocycles. The third kappa shape index (κ3) is 3.49. The molecule has 0 aromatic heterocycles. The van der Waals surface area contributed by atoms with Gasteiger partial charge in [-0.3, -0.25) is 4.79 Å². The van der Waals surface area contributed by atoms with Gasteiger partial charge in [0.1, 0.15) is 0 Å². The van der Waals surface area contributed by atoms with Crippen molar-refractivity contribution in [1.82, 2.24) is 0 Å². The number of sulfone groups is 1. The van der Waals surface area contributed by atoms with Crippen molar-refractivity contribution < 1.29 is 13.2 Å². The second-order valence-electron chi connectivity index (χ2n) is 5.94. The molecule has 0 N–H and O–H groups in total. The SMILES string of the molecule is C[C@@H]1CCN(C(=O)c2ccc(S(C)(=O)=O)cc2)c2ccccc2S1.